The second-order valence-corrected chi connectivity index (χ2v) is 7.60. The monoisotopic (exact) mass is 391 g/mol. The largest absolute Gasteiger partial charge is 0.496 e. The van der Waals surface area contributed by atoms with Gasteiger partial charge in [0, 0.05) is 25.2 Å². The maximum absolute atomic E-state index is 13.1. The van der Waals surface area contributed by atoms with Crippen LogP contribution in [0.2, 0.25) is 0 Å². The lowest BCUT2D eigenvalue weighted by molar-refractivity contribution is -0.0278. The fourth-order valence-electron chi connectivity index (χ4n) is 4.34. The van der Waals surface area contributed by atoms with Crippen molar-refractivity contribution in [3.63, 3.8) is 0 Å². The normalized spacial score (nSPS) is 18.6. The molecule has 1 N–H and O–H groups in total. The Labute approximate surface area is 166 Å². The lowest BCUT2D eigenvalue weighted by atomic mass is 9.84. The summed E-state index contributed by atoms with van der Waals surface area (Å²) < 4.78 is 18.8. The second-order valence-electron chi connectivity index (χ2n) is 7.60. The Morgan fingerprint density at radius 1 is 1.07 bits per heavy atom. The van der Waals surface area contributed by atoms with E-state index in [1.54, 1.807) is 19.2 Å². The van der Waals surface area contributed by atoms with Crippen molar-refractivity contribution in [2.45, 2.75) is 44.2 Å². The van der Waals surface area contributed by atoms with Crippen LogP contribution in [-0.2, 0) is 25.0 Å². The van der Waals surface area contributed by atoms with E-state index in [1.165, 1.54) is 35.2 Å². The quantitative estimate of drug-likeness (QED) is 0.846. The first-order valence-electron chi connectivity index (χ1n) is 9.47. The van der Waals surface area contributed by atoms with Crippen molar-refractivity contribution in [2.75, 3.05) is 20.2 Å². The molecule has 2 aromatic carbocycles. The molecule has 27 heavy (non-hydrogen) atoms. The molecule has 1 aliphatic carbocycles. The molecule has 0 aromatic heterocycles. The third-order valence-electron chi connectivity index (χ3n) is 5.95. The highest BCUT2D eigenvalue weighted by atomic mass is 35.5. The SMILES string of the molecule is COc1cc2c(cc1CN1CCC(O)(c3ccc(F)cc3)CC1)CCC2.Cl. The summed E-state index contributed by atoms with van der Waals surface area (Å²) in [5.74, 6) is 0.712. The minimum atomic E-state index is -0.855. The van der Waals surface area contributed by atoms with Gasteiger partial charge < -0.3 is 9.84 Å². The summed E-state index contributed by atoms with van der Waals surface area (Å²) in [6.07, 6.45) is 4.87. The topological polar surface area (TPSA) is 32.7 Å². The van der Waals surface area contributed by atoms with Crippen LogP contribution < -0.4 is 4.74 Å². The van der Waals surface area contributed by atoms with E-state index in [1.807, 2.05) is 0 Å². The Morgan fingerprint density at radius 2 is 1.70 bits per heavy atom. The van der Waals surface area contributed by atoms with Gasteiger partial charge in [0.15, 0.2) is 0 Å². The summed E-state index contributed by atoms with van der Waals surface area (Å²) in [6.45, 7) is 2.47. The van der Waals surface area contributed by atoms with Crippen LogP contribution in [-0.4, -0.2) is 30.2 Å². The number of benzene rings is 2. The number of fused-ring (bicyclic) bond motifs is 1. The summed E-state index contributed by atoms with van der Waals surface area (Å²) >= 11 is 0. The molecule has 2 aromatic rings. The van der Waals surface area contributed by atoms with Crippen LogP contribution in [0.4, 0.5) is 4.39 Å². The molecule has 0 atom stereocenters. The smallest absolute Gasteiger partial charge is 0.123 e. The molecule has 1 fully saturated rings. The number of rotatable bonds is 4. The number of hydrogen-bond acceptors (Lipinski definition) is 3. The van der Waals surface area contributed by atoms with Gasteiger partial charge in [0.1, 0.15) is 11.6 Å². The molecule has 3 nitrogen and oxygen atoms in total. The van der Waals surface area contributed by atoms with Crippen LogP contribution in [0.15, 0.2) is 36.4 Å². The number of aliphatic hydroxyl groups is 1. The van der Waals surface area contributed by atoms with Crippen molar-refractivity contribution >= 4 is 12.4 Å². The molecule has 0 amide bonds. The van der Waals surface area contributed by atoms with Gasteiger partial charge in [-0.05, 0) is 67.0 Å². The Kier molecular flexibility index (Phi) is 6.09. The molecule has 146 valence electrons. The van der Waals surface area contributed by atoms with Crippen LogP contribution >= 0.6 is 12.4 Å². The summed E-state index contributed by atoms with van der Waals surface area (Å²) in [4.78, 5) is 2.37. The molecule has 0 saturated carbocycles. The second kappa shape index (κ2) is 8.17. The lowest BCUT2D eigenvalue weighted by Crippen LogP contribution is -2.42. The predicted octanol–water partition coefficient (Wildman–Crippen LogP) is 4.23. The average Bonchev–Trinajstić information content (AvgIpc) is 3.11. The van der Waals surface area contributed by atoms with E-state index in [-0.39, 0.29) is 18.2 Å². The molecular formula is C22H27ClFNO2. The van der Waals surface area contributed by atoms with E-state index in [2.05, 4.69) is 17.0 Å². The maximum Gasteiger partial charge on any atom is 0.123 e. The molecule has 0 bridgehead atoms. The van der Waals surface area contributed by atoms with Gasteiger partial charge in [-0.1, -0.05) is 18.2 Å². The molecule has 5 heteroatoms. The molecule has 0 unspecified atom stereocenters. The zero-order valence-corrected chi connectivity index (χ0v) is 16.5. The maximum atomic E-state index is 13.1. The molecule has 4 rings (SSSR count). The van der Waals surface area contributed by atoms with Crippen molar-refractivity contribution in [3.8, 4) is 5.75 Å². The number of halogens is 2. The lowest BCUT2D eigenvalue weighted by Gasteiger charge is -2.38. The number of methoxy groups -OCH3 is 1. The Morgan fingerprint density at radius 3 is 2.33 bits per heavy atom. The average molecular weight is 392 g/mol. The van der Waals surface area contributed by atoms with Gasteiger partial charge in [-0.3, -0.25) is 4.90 Å². The van der Waals surface area contributed by atoms with Crippen LogP contribution in [0.25, 0.3) is 0 Å². The Bertz CT molecular complexity index is 786. The molecule has 2 aliphatic rings. The Balaban J connectivity index is 0.00000210. The van der Waals surface area contributed by atoms with Gasteiger partial charge in [0.25, 0.3) is 0 Å². The minimum Gasteiger partial charge on any atom is -0.496 e. The number of nitrogens with zero attached hydrogens (tertiary/aromatic N) is 1. The number of ether oxygens (including phenoxy) is 1. The van der Waals surface area contributed by atoms with E-state index in [0.717, 1.165) is 43.8 Å². The van der Waals surface area contributed by atoms with Gasteiger partial charge in [0.2, 0.25) is 0 Å². The summed E-state index contributed by atoms with van der Waals surface area (Å²) in [5.41, 5.74) is 4.08. The van der Waals surface area contributed by atoms with Crippen molar-refractivity contribution in [2.24, 2.45) is 0 Å². The van der Waals surface area contributed by atoms with Gasteiger partial charge >= 0.3 is 0 Å². The number of aryl methyl sites for hydroxylation is 2. The van der Waals surface area contributed by atoms with Gasteiger partial charge in [0.05, 0.1) is 12.7 Å². The van der Waals surface area contributed by atoms with E-state index in [0.29, 0.717) is 12.8 Å². The van der Waals surface area contributed by atoms with Crippen molar-refractivity contribution in [1.29, 1.82) is 0 Å². The number of hydrogen-bond donors (Lipinski definition) is 1. The molecule has 0 spiro atoms. The summed E-state index contributed by atoms with van der Waals surface area (Å²) in [5, 5.41) is 11.0. The van der Waals surface area contributed by atoms with Crippen molar-refractivity contribution in [1.82, 2.24) is 4.90 Å². The highest BCUT2D eigenvalue weighted by Gasteiger charge is 2.34. The molecule has 1 aliphatic heterocycles. The summed E-state index contributed by atoms with van der Waals surface area (Å²) in [7, 11) is 1.74. The molecule has 1 saturated heterocycles. The first kappa shape index (κ1) is 20.1. The van der Waals surface area contributed by atoms with Gasteiger partial charge in [-0.25, -0.2) is 4.39 Å². The van der Waals surface area contributed by atoms with E-state index < -0.39 is 5.60 Å². The summed E-state index contributed by atoms with van der Waals surface area (Å²) in [6, 6.07) is 10.8. The molecular weight excluding hydrogens is 365 g/mol. The fourth-order valence-corrected chi connectivity index (χ4v) is 4.34. The van der Waals surface area contributed by atoms with Crippen LogP contribution in [0.1, 0.15) is 41.5 Å². The third kappa shape index (κ3) is 4.13. The van der Waals surface area contributed by atoms with E-state index in [4.69, 9.17) is 4.74 Å². The Hall–Kier alpha value is -1.62. The van der Waals surface area contributed by atoms with E-state index in [9.17, 15) is 9.50 Å². The first-order chi connectivity index (χ1) is 12.6. The van der Waals surface area contributed by atoms with Crippen LogP contribution in [0, 0.1) is 5.82 Å². The van der Waals surface area contributed by atoms with Crippen molar-refractivity contribution in [3.05, 3.63) is 64.5 Å². The zero-order valence-electron chi connectivity index (χ0n) is 15.7. The van der Waals surface area contributed by atoms with Crippen molar-refractivity contribution < 1.29 is 14.2 Å². The third-order valence-corrected chi connectivity index (χ3v) is 5.95. The van der Waals surface area contributed by atoms with E-state index >= 15 is 0 Å². The number of piperidine rings is 1. The molecule has 1 heterocycles. The number of likely N-dealkylation sites (tertiary alicyclic amines) is 1. The minimum absolute atomic E-state index is 0. The van der Waals surface area contributed by atoms with Crippen LogP contribution in [0.5, 0.6) is 5.75 Å². The standard InChI is InChI=1S/C22H26FNO2.ClH/c1-26-21-14-17-4-2-3-16(17)13-18(21)15-24-11-9-22(25,10-12-24)19-5-7-20(23)8-6-19;/h5-8,13-14,25H,2-4,9-12,15H2,1H3;1H. The highest BCUT2D eigenvalue weighted by Crippen LogP contribution is 2.35. The predicted molar refractivity (Wildman–Crippen MR) is 107 cm³/mol. The fraction of sp³-hybridized carbons (Fsp3) is 0.455. The van der Waals surface area contributed by atoms with Gasteiger partial charge in [-0.15, -0.1) is 12.4 Å². The van der Waals surface area contributed by atoms with Crippen LogP contribution in [0.3, 0.4) is 0 Å². The zero-order chi connectivity index (χ0) is 18.1. The molecule has 0 radical (unpaired) electrons. The first-order valence-corrected chi connectivity index (χ1v) is 9.47. The van der Waals surface area contributed by atoms with Gasteiger partial charge in [-0.2, -0.15) is 0 Å². The highest BCUT2D eigenvalue weighted by molar-refractivity contribution is 5.85.